The molecule has 1 aromatic heterocycles. The first kappa shape index (κ1) is 14.4. The van der Waals surface area contributed by atoms with Crippen molar-refractivity contribution in [2.75, 3.05) is 0 Å². The standard InChI is InChI=1S/C18H18BrNO/c1-13(10-14-6-8-16(19)9-7-14)20-12-17-11-15-4-2-3-5-18(15)21-17/h2-9,11,13,20H,10,12H2,1H3. The van der Waals surface area contributed by atoms with Crippen molar-refractivity contribution < 1.29 is 4.42 Å². The molecule has 0 saturated carbocycles. The molecule has 0 bridgehead atoms. The first-order valence-electron chi connectivity index (χ1n) is 7.16. The molecule has 108 valence electrons. The number of furan rings is 1. The van der Waals surface area contributed by atoms with Gasteiger partial charge in [-0.15, -0.1) is 0 Å². The number of rotatable bonds is 5. The SMILES string of the molecule is CC(Cc1ccc(Br)cc1)NCc1cc2ccccc2o1. The first-order chi connectivity index (χ1) is 10.2. The van der Waals surface area contributed by atoms with Crippen LogP contribution in [0.25, 0.3) is 11.0 Å². The molecule has 1 unspecified atom stereocenters. The molecule has 0 radical (unpaired) electrons. The van der Waals surface area contributed by atoms with Gasteiger partial charge in [-0.3, -0.25) is 0 Å². The largest absolute Gasteiger partial charge is 0.460 e. The summed E-state index contributed by atoms with van der Waals surface area (Å²) in [5, 5.41) is 4.68. The highest BCUT2D eigenvalue weighted by molar-refractivity contribution is 9.10. The van der Waals surface area contributed by atoms with Crippen LogP contribution in [0.3, 0.4) is 0 Å². The molecule has 21 heavy (non-hydrogen) atoms. The van der Waals surface area contributed by atoms with Crippen molar-refractivity contribution in [3.05, 3.63) is 70.4 Å². The molecule has 0 amide bonds. The Balaban J connectivity index is 1.57. The van der Waals surface area contributed by atoms with E-state index in [1.165, 1.54) is 5.56 Å². The van der Waals surface area contributed by atoms with Gasteiger partial charge in [0, 0.05) is 15.9 Å². The Bertz CT molecular complexity index is 684. The summed E-state index contributed by atoms with van der Waals surface area (Å²) in [5.41, 5.74) is 2.29. The number of nitrogens with one attached hydrogen (secondary N) is 1. The minimum atomic E-state index is 0.402. The summed E-state index contributed by atoms with van der Waals surface area (Å²) in [5.74, 6) is 0.985. The van der Waals surface area contributed by atoms with Crippen LogP contribution < -0.4 is 5.32 Å². The molecule has 3 aromatic rings. The van der Waals surface area contributed by atoms with E-state index < -0.39 is 0 Å². The van der Waals surface area contributed by atoms with E-state index in [-0.39, 0.29) is 0 Å². The lowest BCUT2D eigenvalue weighted by Gasteiger charge is -2.12. The Hall–Kier alpha value is -1.58. The monoisotopic (exact) mass is 343 g/mol. The molecule has 1 N–H and O–H groups in total. The number of hydrogen-bond acceptors (Lipinski definition) is 2. The average Bonchev–Trinajstić information content (AvgIpc) is 2.90. The maximum atomic E-state index is 5.82. The molecule has 1 heterocycles. The van der Waals surface area contributed by atoms with Crippen molar-refractivity contribution in [2.45, 2.75) is 25.9 Å². The molecule has 1 atom stereocenters. The molecule has 0 saturated heterocycles. The zero-order valence-corrected chi connectivity index (χ0v) is 13.6. The Morgan fingerprint density at radius 1 is 1.10 bits per heavy atom. The van der Waals surface area contributed by atoms with Gasteiger partial charge < -0.3 is 9.73 Å². The number of benzene rings is 2. The molecule has 2 aromatic carbocycles. The average molecular weight is 344 g/mol. The van der Waals surface area contributed by atoms with Crippen molar-refractivity contribution in [3.63, 3.8) is 0 Å². The van der Waals surface area contributed by atoms with Crippen LogP contribution >= 0.6 is 15.9 Å². The number of fused-ring (bicyclic) bond motifs is 1. The zero-order valence-electron chi connectivity index (χ0n) is 12.0. The van der Waals surface area contributed by atoms with Crippen LogP contribution in [0.15, 0.2) is 63.5 Å². The van der Waals surface area contributed by atoms with E-state index in [0.29, 0.717) is 6.04 Å². The van der Waals surface area contributed by atoms with Gasteiger partial charge in [-0.05, 0) is 43.2 Å². The quantitative estimate of drug-likeness (QED) is 0.711. The lowest BCUT2D eigenvalue weighted by molar-refractivity contribution is 0.473. The van der Waals surface area contributed by atoms with E-state index in [9.17, 15) is 0 Å². The van der Waals surface area contributed by atoms with Gasteiger partial charge in [0.1, 0.15) is 11.3 Å². The third kappa shape index (κ3) is 3.74. The fraction of sp³-hybridized carbons (Fsp3) is 0.222. The van der Waals surface area contributed by atoms with Gasteiger partial charge in [-0.2, -0.15) is 0 Å². The third-order valence-corrected chi connectivity index (χ3v) is 4.09. The van der Waals surface area contributed by atoms with E-state index in [4.69, 9.17) is 4.42 Å². The van der Waals surface area contributed by atoms with Gasteiger partial charge in [0.05, 0.1) is 6.54 Å². The molecule has 3 rings (SSSR count). The van der Waals surface area contributed by atoms with Crippen molar-refractivity contribution >= 4 is 26.9 Å². The summed E-state index contributed by atoms with van der Waals surface area (Å²) in [6.07, 6.45) is 1.01. The van der Waals surface area contributed by atoms with Gasteiger partial charge in [-0.1, -0.05) is 46.3 Å². The maximum Gasteiger partial charge on any atom is 0.134 e. The van der Waals surface area contributed by atoms with Crippen LogP contribution in [0.1, 0.15) is 18.2 Å². The molecule has 0 spiro atoms. The van der Waals surface area contributed by atoms with E-state index in [2.05, 4.69) is 64.6 Å². The summed E-state index contributed by atoms with van der Waals surface area (Å²) in [4.78, 5) is 0. The van der Waals surface area contributed by atoms with E-state index in [1.807, 2.05) is 18.2 Å². The van der Waals surface area contributed by atoms with E-state index in [1.54, 1.807) is 0 Å². The molecular weight excluding hydrogens is 326 g/mol. The predicted octanol–water partition coefficient (Wildman–Crippen LogP) is 4.92. The first-order valence-corrected chi connectivity index (χ1v) is 7.95. The van der Waals surface area contributed by atoms with Crippen molar-refractivity contribution in [2.24, 2.45) is 0 Å². The van der Waals surface area contributed by atoms with Crippen molar-refractivity contribution in [3.8, 4) is 0 Å². The van der Waals surface area contributed by atoms with Gasteiger partial charge in [0.25, 0.3) is 0 Å². The van der Waals surface area contributed by atoms with Gasteiger partial charge >= 0.3 is 0 Å². The molecule has 3 heteroatoms. The summed E-state index contributed by atoms with van der Waals surface area (Å²) >= 11 is 3.46. The molecule has 0 fully saturated rings. The van der Waals surface area contributed by atoms with Crippen LogP contribution in [0.5, 0.6) is 0 Å². The fourth-order valence-electron chi connectivity index (χ4n) is 2.45. The molecule has 0 aliphatic rings. The number of para-hydroxylation sites is 1. The number of hydrogen-bond donors (Lipinski definition) is 1. The highest BCUT2D eigenvalue weighted by Gasteiger charge is 2.06. The molecular formula is C18H18BrNO. The summed E-state index contributed by atoms with van der Waals surface area (Å²) in [6, 6.07) is 19.1. The lowest BCUT2D eigenvalue weighted by Crippen LogP contribution is -2.27. The topological polar surface area (TPSA) is 25.2 Å². The van der Waals surface area contributed by atoms with Crippen LogP contribution in [-0.4, -0.2) is 6.04 Å². The second kappa shape index (κ2) is 6.46. The Labute approximate surface area is 133 Å². The molecule has 0 aliphatic carbocycles. The summed E-state index contributed by atoms with van der Waals surface area (Å²) < 4.78 is 6.94. The summed E-state index contributed by atoms with van der Waals surface area (Å²) in [7, 11) is 0. The van der Waals surface area contributed by atoms with Crippen molar-refractivity contribution in [1.29, 1.82) is 0 Å². The van der Waals surface area contributed by atoms with Crippen LogP contribution in [-0.2, 0) is 13.0 Å². The summed E-state index contributed by atoms with van der Waals surface area (Å²) in [6.45, 7) is 2.96. The maximum absolute atomic E-state index is 5.82. The normalized spacial score (nSPS) is 12.7. The predicted molar refractivity (Wildman–Crippen MR) is 90.4 cm³/mol. The van der Waals surface area contributed by atoms with E-state index in [0.717, 1.165) is 34.2 Å². The second-order valence-corrected chi connectivity index (χ2v) is 6.28. The van der Waals surface area contributed by atoms with Gasteiger partial charge in [0.15, 0.2) is 0 Å². The molecule has 0 aliphatic heterocycles. The van der Waals surface area contributed by atoms with E-state index >= 15 is 0 Å². The minimum Gasteiger partial charge on any atom is -0.460 e. The highest BCUT2D eigenvalue weighted by Crippen LogP contribution is 2.19. The van der Waals surface area contributed by atoms with Crippen LogP contribution in [0.4, 0.5) is 0 Å². The lowest BCUT2D eigenvalue weighted by atomic mass is 10.1. The zero-order chi connectivity index (χ0) is 14.7. The highest BCUT2D eigenvalue weighted by atomic mass is 79.9. The van der Waals surface area contributed by atoms with Crippen LogP contribution in [0.2, 0.25) is 0 Å². The molecule has 2 nitrogen and oxygen atoms in total. The second-order valence-electron chi connectivity index (χ2n) is 5.36. The van der Waals surface area contributed by atoms with Crippen LogP contribution in [0, 0.1) is 0 Å². The van der Waals surface area contributed by atoms with Gasteiger partial charge in [-0.25, -0.2) is 0 Å². The Morgan fingerprint density at radius 2 is 1.86 bits per heavy atom. The minimum absolute atomic E-state index is 0.402. The Morgan fingerprint density at radius 3 is 2.62 bits per heavy atom. The number of halogens is 1. The Kier molecular flexibility index (Phi) is 4.42. The third-order valence-electron chi connectivity index (χ3n) is 3.56. The smallest absolute Gasteiger partial charge is 0.134 e. The van der Waals surface area contributed by atoms with Gasteiger partial charge in [0.2, 0.25) is 0 Å². The van der Waals surface area contributed by atoms with Crippen molar-refractivity contribution in [1.82, 2.24) is 5.32 Å². The fourth-order valence-corrected chi connectivity index (χ4v) is 2.71.